The largest absolute Gasteiger partial charge is 0.310 e. The van der Waals surface area contributed by atoms with Crippen LogP contribution in [0.4, 0.5) is 34.1 Å². The molecule has 0 spiro atoms. The predicted molar refractivity (Wildman–Crippen MR) is 284 cm³/mol. The smallest absolute Gasteiger partial charge is 0.0540 e. The van der Waals surface area contributed by atoms with Crippen molar-refractivity contribution in [3.63, 3.8) is 0 Å². The molecule has 0 fully saturated rings. The molecule has 2 heteroatoms. The second-order valence-corrected chi connectivity index (χ2v) is 18.7. The third-order valence-electron chi connectivity index (χ3n) is 13.8. The Morgan fingerprint density at radius 3 is 1.05 bits per heavy atom. The average Bonchev–Trinajstić information content (AvgIpc) is 3.35. The molecule has 10 aromatic carbocycles. The van der Waals surface area contributed by atoms with Crippen LogP contribution >= 0.6 is 0 Å². The summed E-state index contributed by atoms with van der Waals surface area (Å²) < 4.78 is 0. The Balaban J connectivity index is 1.02. The van der Waals surface area contributed by atoms with Crippen LogP contribution in [0.3, 0.4) is 0 Å². The van der Waals surface area contributed by atoms with Gasteiger partial charge in [-0.1, -0.05) is 161 Å². The van der Waals surface area contributed by atoms with Crippen molar-refractivity contribution in [1.82, 2.24) is 0 Å². The Bertz CT molecular complexity index is 3210. The first-order chi connectivity index (χ1) is 32.2. The number of nitrogens with zero attached hydrogens (tertiary/aromatic N) is 2. The topological polar surface area (TPSA) is 6.48 Å². The van der Waals surface area contributed by atoms with Gasteiger partial charge >= 0.3 is 0 Å². The van der Waals surface area contributed by atoms with Gasteiger partial charge in [0.25, 0.3) is 0 Å². The van der Waals surface area contributed by atoms with Gasteiger partial charge in [0, 0.05) is 33.9 Å². The van der Waals surface area contributed by atoms with Gasteiger partial charge in [0.2, 0.25) is 0 Å². The third kappa shape index (κ3) is 7.24. The number of hydrogen-bond acceptors (Lipinski definition) is 2. The van der Waals surface area contributed by atoms with Crippen LogP contribution in [0, 0.1) is 13.8 Å². The number of hydrogen-bond donors (Lipinski definition) is 0. The molecule has 2 nitrogen and oxygen atoms in total. The third-order valence-corrected chi connectivity index (χ3v) is 13.8. The van der Waals surface area contributed by atoms with Crippen molar-refractivity contribution in [2.75, 3.05) is 9.80 Å². The van der Waals surface area contributed by atoms with E-state index >= 15 is 0 Å². The highest BCUT2D eigenvalue weighted by atomic mass is 15.2. The molecule has 1 aliphatic carbocycles. The molecule has 0 N–H and O–H groups in total. The lowest BCUT2D eigenvalue weighted by Crippen LogP contribution is -2.13. The average molecular weight is 851 g/mol. The van der Waals surface area contributed by atoms with Gasteiger partial charge in [0.1, 0.15) is 0 Å². The Hall–Kier alpha value is -7.68. The standard InChI is InChI=1S/C64H54N2/c1-41(2)47-27-25-43(5)63(39-47)65(61-23-15-13-21-55(61)45-17-9-7-10-18-45)53-31-29-49-35-57-59(37-51(49)33-53)58-36-50-30-32-54(34-52(50)38-60(57)58)66(64-40-48(42(3)4)28-26-44(64)6)62-24-16-14-22-56(62)46-19-11-8-12-20-46/h7-42H,1-6H3. The van der Waals surface area contributed by atoms with E-state index in [1.165, 1.54) is 99.7 Å². The van der Waals surface area contributed by atoms with E-state index in [0.717, 1.165) is 22.7 Å². The van der Waals surface area contributed by atoms with Crippen molar-refractivity contribution in [1.29, 1.82) is 0 Å². The summed E-state index contributed by atoms with van der Waals surface area (Å²) in [6, 6.07) is 76.8. The van der Waals surface area contributed by atoms with Crippen LogP contribution in [0.5, 0.6) is 0 Å². The fourth-order valence-electron chi connectivity index (χ4n) is 10.0. The second-order valence-electron chi connectivity index (χ2n) is 18.7. The summed E-state index contributed by atoms with van der Waals surface area (Å²) in [6.07, 6.45) is 0. The molecule has 320 valence electrons. The quantitative estimate of drug-likeness (QED) is 0.135. The number of fused-ring (bicyclic) bond motifs is 6. The zero-order valence-electron chi connectivity index (χ0n) is 38.7. The highest BCUT2D eigenvalue weighted by Crippen LogP contribution is 2.52. The van der Waals surface area contributed by atoms with Crippen molar-refractivity contribution in [2.24, 2.45) is 0 Å². The van der Waals surface area contributed by atoms with Crippen molar-refractivity contribution in [3.05, 3.63) is 229 Å². The summed E-state index contributed by atoms with van der Waals surface area (Å²) in [5.74, 6) is 0.824. The summed E-state index contributed by atoms with van der Waals surface area (Å²) in [7, 11) is 0. The van der Waals surface area contributed by atoms with Crippen molar-refractivity contribution >= 4 is 55.7 Å². The van der Waals surface area contributed by atoms with E-state index in [2.05, 4.69) is 258 Å². The monoisotopic (exact) mass is 850 g/mol. The molecule has 0 aliphatic heterocycles. The molecule has 66 heavy (non-hydrogen) atoms. The molecular weight excluding hydrogens is 797 g/mol. The first-order valence-electron chi connectivity index (χ1n) is 23.5. The Kier molecular flexibility index (Phi) is 10.4. The number of benzene rings is 10. The lowest BCUT2D eigenvalue weighted by Gasteiger charge is -2.31. The van der Waals surface area contributed by atoms with Crippen molar-refractivity contribution in [2.45, 2.75) is 53.4 Å². The molecular formula is C64H54N2. The minimum atomic E-state index is 0.412. The van der Waals surface area contributed by atoms with Crippen LogP contribution in [0.25, 0.3) is 66.1 Å². The molecule has 0 unspecified atom stereocenters. The van der Waals surface area contributed by atoms with Gasteiger partial charge in [-0.2, -0.15) is 0 Å². The normalized spacial score (nSPS) is 11.8. The van der Waals surface area contributed by atoms with Gasteiger partial charge in [-0.05, 0) is 176 Å². The van der Waals surface area contributed by atoms with E-state index in [4.69, 9.17) is 0 Å². The van der Waals surface area contributed by atoms with Gasteiger partial charge in [0.05, 0.1) is 11.4 Å². The fourth-order valence-corrected chi connectivity index (χ4v) is 10.0. The molecule has 0 saturated carbocycles. The number of anilines is 6. The molecule has 10 aromatic rings. The Morgan fingerprint density at radius 1 is 0.288 bits per heavy atom. The van der Waals surface area contributed by atoms with Crippen molar-refractivity contribution in [3.8, 4) is 44.5 Å². The van der Waals surface area contributed by atoms with Crippen molar-refractivity contribution < 1.29 is 0 Å². The van der Waals surface area contributed by atoms with Crippen LogP contribution in [0.15, 0.2) is 206 Å². The van der Waals surface area contributed by atoms with Gasteiger partial charge in [-0.15, -0.1) is 0 Å². The highest BCUT2D eigenvalue weighted by molar-refractivity contribution is 6.13. The van der Waals surface area contributed by atoms with Gasteiger partial charge in [-0.3, -0.25) is 0 Å². The van der Waals surface area contributed by atoms with Crippen LogP contribution in [-0.2, 0) is 0 Å². The number of rotatable bonds is 10. The summed E-state index contributed by atoms with van der Waals surface area (Å²) in [6.45, 7) is 13.6. The highest BCUT2D eigenvalue weighted by Gasteiger charge is 2.26. The zero-order chi connectivity index (χ0) is 45.1. The molecule has 0 atom stereocenters. The lowest BCUT2D eigenvalue weighted by molar-refractivity contribution is 0.865. The summed E-state index contributed by atoms with van der Waals surface area (Å²) >= 11 is 0. The minimum absolute atomic E-state index is 0.412. The Morgan fingerprint density at radius 2 is 0.652 bits per heavy atom. The van der Waals surface area contributed by atoms with Crippen LogP contribution in [0.1, 0.15) is 61.8 Å². The van der Waals surface area contributed by atoms with E-state index < -0.39 is 0 Å². The summed E-state index contributed by atoms with van der Waals surface area (Å²) in [4.78, 5) is 4.95. The Labute approximate surface area is 390 Å². The number of aryl methyl sites for hydroxylation is 2. The zero-order valence-corrected chi connectivity index (χ0v) is 38.7. The molecule has 0 radical (unpaired) electrons. The maximum atomic E-state index is 2.48. The molecule has 0 heterocycles. The second kappa shape index (κ2) is 16.7. The first kappa shape index (κ1) is 41.1. The molecule has 11 rings (SSSR count). The van der Waals surface area contributed by atoms with Gasteiger partial charge in [0.15, 0.2) is 0 Å². The van der Waals surface area contributed by atoms with E-state index in [1.54, 1.807) is 0 Å². The van der Waals surface area contributed by atoms with E-state index in [9.17, 15) is 0 Å². The van der Waals surface area contributed by atoms with Gasteiger partial charge < -0.3 is 9.80 Å². The first-order valence-corrected chi connectivity index (χ1v) is 23.5. The van der Waals surface area contributed by atoms with Crippen LogP contribution in [0.2, 0.25) is 0 Å². The molecule has 0 bridgehead atoms. The minimum Gasteiger partial charge on any atom is -0.310 e. The maximum absolute atomic E-state index is 2.48. The van der Waals surface area contributed by atoms with E-state index in [0.29, 0.717) is 11.8 Å². The maximum Gasteiger partial charge on any atom is 0.0540 e. The fraction of sp³-hybridized carbons (Fsp3) is 0.125. The number of para-hydroxylation sites is 2. The molecule has 0 aromatic heterocycles. The summed E-state index contributed by atoms with van der Waals surface area (Å²) in [5.41, 5.74) is 22.2. The molecule has 0 amide bonds. The van der Waals surface area contributed by atoms with E-state index in [1.807, 2.05) is 0 Å². The molecule has 1 aliphatic rings. The van der Waals surface area contributed by atoms with Gasteiger partial charge in [-0.25, -0.2) is 0 Å². The molecule has 0 saturated heterocycles. The predicted octanol–water partition coefficient (Wildman–Crippen LogP) is 18.8. The summed E-state index contributed by atoms with van der Waals surface area (Å²) in [5, 5.41) is 4.95. The van der Waals surface area contributed by atoms with Crippen LogP contribution in [-0.4, -0.2) is 0 Å². The SMILES string of the molecule is Cc1ccc(C(C)C)cc1N(c1ccc2cc3c(cc2c1)-c1cc2ccc(N(c4cc(C(C)C)ccc4C)c4ccccc4-c4ccccc4)cc2cc1-3)c1ccccc1-c1ccccc1. The van der Waals surface area contributed by atoms with Crippen LogP contribution < -0.4 is 9.80 Å². The van der Waals surface area contributed by atoms with E-state index in [-0.39, 0.29) is 0 Å². The lowest BCUT2D eigenvalue weighted by atomic mass is 9.78.